The van der Waals surface area contributed by atoms with Crippen molar-refractivity contribution < 1.29 is 8.78 Å². The smallest absolute Gasteiger partial charge is 0.141 e. The van der Waals surface area contributed by atoms with Gasteiger partial charge >= 0.3 is 0 Å². The Hall–Kier alpha value is -1.97. The normalized spacial score (nSPS) is 10.8. The van der Waals surface area contributed by atoms with E-state index in [2.05, 4.69) is 4.98 Å². The van der Waals surface area contributed by atoms with Crippen molar-refractivity contribution in [3.05, 3.63) is 75.8 Å². The van der Waals surface area contributed by atoms with Crippen LogP contribution in [0.15, 0.2) is 48.5 Å². The van der Waals surface area contributed by atoms with Crippen LogP contribution in [0.25, 0.3) is 22.5 Å². The highest BCUT2D eigenvalue weighted by Gasteiger charge is 2.09. The Labute approximate surface area is 142 Å². The molecule has 0 bridgehead atoms. The molecule has 0 N–H and O–H groups in total. The minimum atomic E-state index is -0.478. The number of aryl methyl sites for hydroxylation is 1. The van der Waals surface area contributed by atoms with Crippen LogP contribution >= 0.6 is 23.2 Å². The maximum Gasteiger partial charge on any atom is 0.141 e. The van der Waals surface area contributed by atoms with Gasteiger partial charge in [-0.1, -0.05) is 23.2 Å². The molecular formula is C18H11Cl2F2N. The van der Waals surface area contributed by atoms with Crippen LogP contribution in [0, 0.1) is 18.6 Å². The Morgan fingerprint density at radius 2 is 1.17 bits per heavy atom. The summed E-state index contributed by atoms with van der Waals surface area (Å²) < 4.78 is 26.6. The van der Waals surface area contributed by atoms with E-state index in [-0.39, 0.29) is 10.0 Å². The van der Waals surface area contributed by atoms with Crippen molar-refractivity contribution in [1.29, 1.82) is 0 Å². The maximum absolute atomic E-state index is 13.3. The molecule has 0 saturated carbocycles. The topological polar surface area (TPSA) is 12.9 Å². The highest BCUT2D eigenvalue weighted by atomic mass is 35.5. The highest BCUT2D eigenvalue weighted by Crippen LogP contribution is 2.29. The molecule has 0 atom stereocenters. The molecule has 0 fully saturated rings. The van der Waals surface area contributed by atoms with Crippen molar-refractivity contribution in [1.82, 2.24) is 4.98 Å². The van der Waals surface area contributed by atoms with Gasteiger partial charge in [0.1, 0.15) is 11.6 Å². The van der Waals surface area contributed by atoms with Crippen LogP contribution in [-0.2, 0) is 0 Å². The molecular weight excluding hydrogens is 339 g/mol. The van der Waals surface area contributed by atoms with Crippen LogP contribution < -0.4 is 0 Å². The van der Waals surface area contributed by atoms with Gasteiger partial charge in [-0.3, -0.25) is 0 Å². The summed E-state index contributed by atoms with van der Waals surface area (Å²) in [5, 5.41) is 0.0781. The summed E-state index contributed by atoms with van der Waals surface area (Å²) in [6.45, 7) is 1.92. The first-order valence-electron chi connectivity index (χ1n) is 6.83. The van der Waals surface area contributed by atoms with E-state index >= 15 is 0 Å². The molecule has 0 aliphatic heterocycles. The van der Waals surface area contributed by atoms with Crippen molar-refractivity contribution in [3.63, 3.8) is 0 Å². The summed E-state index contributed by atoms with van der Waals surface area (Å²) in [6, 6.07) is 12.6. The molecule has 0 saturated heterocycles. The van der Waals surface area contributed by atoms with E-state index in [0.717, 1.165) is 5.56 Å². The van der Waals surface area contributed by atoms with E-state index in [1.54, 1.807) is 12.1 Å². The molecule has 3 rings (SSSR count). The average molecular weight is 350 g/mol. The first-order chi connectivity index (χ1) is 10.9. The van der Waals surface area contributed by atoms with Gasteiger partial charge in [-0.25, -0.2) is 13.8 Å². The summed E-state index contributed by atoms with van der Waals surface area (Å²) in [4.78, 5) is 4.55. The molecule has 1 nitrogen and oxygen atoms in total. The lowest BCUT2D eigenvalue weighted by Gasteiger charge is -2.08. The number of halogens is 4. The molecule has 5 heteroatoms. The molecule has 2 aromatic carbocycles. The molecule has 1 aromatic heterocycles. The van der Waals surface area contributed by atoms with Gasteiger partial charge in [-0.2, -0.15) is 0 Å². The Morgan fingerprint density at radius 1 is 0.739 bits per heavy atom. The van der Waals surface area contributed by atoms with E-state index in [1.807, 2.05) is 19.1 Å². The third kappa shape index (κ3) is 3.36. The van der Waals surface area contributed by atoms with Crippen LogP contribution in [0.3, 0.4) is 0 Å². The third-order valence-electron chi connectivity index (χ3n) is 3.40. The van der Waals surface area contributed by atoms with Gasteiger partial charge in [0, 0.05) is 11.1 Å². The van der Waals surface area contributed by atoms with Crippen LogP contribution in [0.2, 0.25) is 10.0 Å². The standard InChI is InChI=1S/C18H11Cl2F2N/c1-10-6-17(11-2-4-15(21)13(19)8-11)23-18(7-10)12-3-5-16(22)14(20)9-12/h2-9H,1H3. The van der Waals surface area contributed by atoms with Crippen molar-refractivity contribution in [2.75, 3.05) is 0 Å². The summed E-state index contributed by atoms with van der Waals surface area (Å²) in [7, 11) is 0. The molecule has 1 heterocycles. The third-order valence-corrected chi connectivity index (χ3v) is 3.98. The maximum atomic E-state index is 13.3. The highest BCUT2D eigenvalue weighted by molar-refractivity contribution is 6.31. The van der Waals surface area contributed by atoms with Crippen molar-refractivity contribution in [3.8, 4) is 22.5 Å². The first-order valence-corrected chi connectivity index (χ1v) is 7.59. The molecule has 0 aliphatic rings. The second-order valence-corrected chi connectivity index (χ2v) is 5.99. The van der Waals surface area contributed by atoms with Crippen molar-refractivity contribution >= 4 is 23.2 Å². The van der Waals surface area contributed by atoms with Gasteiger partial charge in [0.2, 0.25) is 0 Å². The van der Waals surface area contributed by atoms with Crippen LogP contribution in [0.4, 0.5) is 8.78 Å². The number of aromatic nitrogens is 1. The molecule has 23 heavy (non-hydrogen) atoms. The zero-order valence-electron chi connectivity index (χ0n) is 12.1. The number of nitrogens with zero attached hydrogens (tertiary/aromatic N) is 1. The molecule has 0 aliphatic carbocycles. The Bertz CT molecular complexity index is 824. The van der Waals surface area contributed by atoms with Gasteiger partial charge in [0.05, 0.1) is 21.4 Å². The van der Waals surface area contributed by atoms with Crippen LogP contribution in [0.5, 0.6) is 0 Å². The van der Waals surface area contributed by atoms with Crippen molar-refractivity contribution in [2.45, 2.75) is 6.92 Å². The Morgan fingerprint density at radius 3 is 1.57 bits per heavy atom. The van der Waals surface area contributed by atoms with E-state index in [1.165, 1.54) is 24.3 Å². The van der Waals surface area contributed by atoms with Gasteiger partial charge < -0.3 is 0 Å². The summed E-state index contributed by atoms with van der Waals surface area (Å²) >= 11 is 11.7. The summed E-state index contributed by atoms with van der Waals surface area (Å²) in [5.41, 5.74) is 3.68. The molecule has 3 aromatic rings. The Balaban J connectivity index is 2.11. The van der Waals surface area contributed by atoms with Crippen LogP contribution in [0.1, 0.15) is 5.56 Å². The van der Waals surface area contributed by atoms with Gasteiger partial charge in [0.15, 0.2) is 0 Å². The number of hydrogen-bond donors (Lipinski definition) is 0. The SMILES string of the molecule is Cc1cc(-c2ccc(F)c(Cl)c2)nc(-c2ccc(F)c(Cl)c2)c1. The second-order valence-electron chi connectivity index (χ2n) is 5.17. The quantitative estimate of drug-likeness (QED) is 0.528. The average Bonchev–Trinajstić information content (AvgIpc) is 2.52. The summed E-state index contributed by atoms with van der Waals surface area (Å²) in [6.07, 6.45) is 0. The zero-order valence-corrected chi connectivity index (χ0v) is 13.6. The number of rotatable bonds is 2. The van der Waals surface area contributed by atoms with E-state index in [9.17, 15) is 8.78 Å². The Kier molecular flexibility index (Phi) is 4.33. The lowest BCUT2D eigenvalue weighted by Crippen LogP contribution is -1.91. The predicted molar refractivity (Wildman–Crippen MR) is 89.8 cm³/mol. The van der Waals surface area contributed by atoms with E-state index in [4.69, 9.17) is 23.2 Å². The monoisotopic (exact) mass is 349 g/mol. The number of hydrogen-bond acceptors (Lipinski definition) is 1. The van der Waals surface area contributed by atoms with E-state index in [0.29, 0.717) is 22.5 Å². The van der Waals surface area contributed by atoms with Crippen molar-refractivity contribution in [2.24, 2.45) is 0 Å². The van der Waals surface area contributed by atoms with E-state index < -0.39 is 11.6 Å². The van der Waals surface area contributed by atoms with Gasteiger partial charge in [-0.05, 0) is 61.0 Å². The fourth-order valence-corrected chi connectivity index (χ4v) is 2.64. The fourth-order valence-electron chi connectivity index (χ4n) is 2.27. The summed E-state index contributed by atoms with van der Waals surface area (Å²) in [5.74, 6) is -0.956. The number of benzene rings is 2. The van der Waals surface area contributed by atoms with Crippen LogP contribution in [-0.4, -0.2) is 4.98 Å². The lowest BCUT2D eigenvalue weighted by molar-refractivity contribution is 0.628. The molecule has 0 radical (unpaired) electrons. The zero-order chi connectivity index (χ0) is 16.6. The van der Waals surface area contributed by atoms with Gasteiger partial charge in [-0.15, -0.1) is 0 Å². The minimum Gasteiger partial charge on any atom is -0.248 e. The second kappa shape index (κ2) is 6.26. The lowest BCUT2D eigenvalue weighted by atomic mass is 10.1. The molecule has 116 valence electrons. The van der Waals surface area contributed by atoms with Gasteiger partial charge in [0.25, 0.3) is 0 Å². The molecule has 0 unspecified atom stereocenters. The largest absolute Gasteiger partial charge is 0.248 e. The fraction of sp³-hybridized carbons (Fsp3) is 0.0556. The number of pyridine rings is 1. The minimum absolute atomic E-state index is 0.0391. The first kappa shape index (κ1) is 15.9. The molecule has 0 amide bonds. The predicted octanol–water partition coefficient (Wildman–Crippen LogP) is 6.31. The molecule has 0 spiro atoms.